The van der Waals surface area contributed by atoms with Crippen LogP contribution in [0.2, 0.25) is 0 Å². The Hall–Kier alpha value is -1.42. The molecule has 0 N–H and O–H groups in total. The molecular formula is C12H16N2O2. The minimum absolute atomic E-state index is 0.0702. The van der Waals surface area contributed by atoms with E-state index in [2.05, 4.69) is 9.88 Å². The van der Waals surface area contributed by atoms with E-state index >= 15 is 0 Å². The number of hydrogen-bond acceptors (Lipinski definition) is 4. The number of esters is 1. The molecule has 4 heteroatoms. The SMILES string of the molecule is COC(=O)[C@H]1CN(C)C[C@H]1c1cccnc1. The van der Waals surface area contributed by atoms with E-state index in [0.29, 0.717) is 0 Å². The highest BCUT2D eigenvalue weighted by Gasteiger charge is 2.37. The van der Waals surface area contributed by atoms with Gasteiger partial charge in [0.05, 0.1) is 13.0 Å². The molecule has 16 heavy (non-hydrogen) atoms. The molecule has 1 aliphatic heterocycles. The Bertz CT molecular complexity index is 367. The van der Waals surface area contributed by atoms with Gasteiger partial charge in [0, 0.05) is 31.4 Å². The molecule has 1 saturated heterocycles. The normalized spacial score (nSPS) is 25.6. The first kappa shape index (κ1) is 11.1. The zero-order chi connectivity index (χ0) is 11.5. The van der Waals surface area contributed by atoms with Crippen molar-refractivity contribution in [3.05, 3.63) is 30.1 Å². The van der Waals surface area contributed by atoms with E-state index in [-0.39, 0.29) is 17.8 Å². The molecule has 0 aromatic carbocycles. The molecule has 0 aliphatic carbocycles. The second-order valence-corrected chi connectivity index (χ2v) is 4.24. The maximum absolute atomic E-state index is 11.7. The summed E-state index contributed by atoms with van der Waals surface area (Å²) in [6, 6.07) is 3.93. The molecule has 0 amide bonds. The Balaban J connectivity index is 2.22. The van der Waals surface area contributed by atoms with Gasteiger partial charge in [-0.25, -0.2) is 0 Å². The fraction of sp³-hybridized carbons (Fsp3) is 0.500. The molecule has 2 heterocycles. The fourth-order valence-corrected chi connectivity index (χ4v) is 2.32. The summed E-state index contributed by atoms with van der Waals surface area (Å²) in [5.41, 5.74) is 1.11. The lowest BCUT2D eigenvalue weighted by Gasteiger charge is -2.15. The van der Waals surface area contributed by atoms with Crippen molar-refractivity contribution in [2.24, 2.45) is 5.92 Å². The molecule has 0 spiro atoms. The second-order valence-electron chi connectivity index (χ2n) is 4.24. The highest BCUT2D eigenvalue weighted by atomic mass is 16.5. The maximum Gasteiger partial charge on any atom is 0.310 e. The standard InChI is InChI=1S/C12H16N2O2/c1-14-7-10(9-4-3-5-13-6-9)11(8-14)12(15)16-2/h3-6,10-11H,7-8H2,1-2H3/t10-,11-/m0/s1. The molecule has 1 aromatic rings. The number of rotatable bonds is 2. The van der Waals surface area contributed by atoms with Gasteiger partial charge in [-0.3, -0.25) is 9.78 Å². The lowest BCUT2D eigenvalue weighted by Crippen LogP contribution is -2.23. The zero-order valence-corrected chi connectivity index (χ0v) is 9.59. The van der Waals surface area contributed by atoms with Crippen molar-refractivity contribution < 1.29 is 9.53 Å². The second kappa shape index (κ2) is 4.61. The summed E-state index contributed by atoms with van der Waals surface area (Å²) in [6.45, 7) is 1.64. The van der Waals surface area contributed by atoms with Crippen LogP contribution in [0.15, 0.2) is 24.5 Å². The summed E-state index contributed by atoms with van der Waals surface area (Å²) in [5, 5.41) is 0. The molecular weight excluding hydrogens is 204 g/mol. The Kier molecular flexibility index (Phi) is 3.19. The first-order valence-electron chi connectivity index (χ1n) is 5.38. The van der Waals surface area contributed by atoms with Crippen LogP contribution in [-0.2, 0) is 9.53 Å². The molecule has 1 fully saturated rings. The van der Waals surface area contributed by atoms with Crippen LogP contribution in [0.5, 0.6) is 0 Å². The van der Waals surface area contributed by atoms with Gasteiger partial charge in [0.2, 0.25) is 0 Å². The molecule has 86 valence electrons. The van der Waals surface area contributed by atoms with Crippen molar-refractivity contribution in [1.82, 2.24) is 9.88 Å². The van der Waals surface area contributed by atoms with Gasteiger partial charge in [-0.15, -0.1) is 0 Å². The average molecular weight is 220 g/mol. The topological polar surface area (TPSA) is 42.4 Å². The average Bonchev–Trinajstić information content (AvgIpc) is 2.71. The van der Waals surface area contributed by atoms with Crippen LogP contribution >= 0.6 is 0 Å². The van der Waals surface area contributed by atoms with Crippen molar-refractivity contribution in [2.75, 3.05) is 27.2 Å². The number of nitrogens with zero attached hydrogens (tertiary/aromatic N) is 2. The van der Waals surface area contributed by atoms with Crippen LogP contribution < -0.4 is 0 Å². The Morgan fingerprint density at radius 3 is 3.00 bits per heavy atom. The number of carbonyl (C=O) groups excluding carboxylic acids is 1. The van der Waals surface area contributed by atoms with E-state index in [4.69, 9.17) is 4.74 Å². The third kappa shape index (κ3) is 2.07. The quantitative estimate of drug-likeness (QED) is 0.694. The predicted molar refractivity (Wildman–Crippen MR) is 60.0 cm³/mol. The van der Waals surface area contributed by atoms with Gasteiger partial charge in [0.15, 0.2) is 0 Å². The molecule has 0 saturated carbocycles. The number of methoxy groups -OCH3 is 1. The third-order valence-electron chi connectivity index (χ3n) is 3.12. The largest absolute Gasteiger partial charge is 0.469 e. The Morgan fingerprint density at radius 2 is 2.38 bits per heavy atom. The minimum Gasteiger partial charge on any atom is -0.469 e. The number of pyridine rings is 1. The van der Waals surface area contributed by atoms with E-state index in [1.807, 2.05) is 25.4 Å². The number of carbonyl (C=O) groups is 1. The summed E-state index contributed by atoms with van der Waals surface area (Å²) in [4.78, 5) is 17.9. The Morgan fingerprint density at radius 1 is 1.56 bits per heavy atom. The zero-order valence-electron chi connectivity index (χ0n) is 9.59. The highest BCUT2D eigenvalue weighted by molar-refractivity contribution is 5.74. The summed E-state index contributed by atoms with van der Waals surface area (Å²) in [6.07, 6.45) is 3.58. The molecule has 1 aliphatic rings. The van der Waals surface area contributed by atoms with Gasteiger partial charge in [-0.1, -0.05) is 6.07 Å². The van der Waals surface area contributed by atoms with Crippen molar-refractivity contribution in [3.8, 4) is 0 Å². The number of likely N-dealkylation sites (tertiary alicyclic amines) is 1. The monoisotopic (exact) mass is 220 g/mol. The minimum atomic E-state index is -0.127. The van der Waals surface area contributed by atoms with E-state index < -0.39 is 0 Å². The molecule has 2 rings (SSSR count). The van der Waals surface area contributed by atoms with Crippen molar-refractivity contribution >= 4 is 5.97 Å². The van der Waals surface area contributed by atoms with Gasteiger partial charge in [-0.2, -0.15) is 0 Å². The first-order chi connectivity index (χ1) is 7.72. The van der Waals surface area contributed by atoms with Crippen molar-refractivity contribution in [1.29, 1.82) is 0 Å². The van der Waals surface area contributed by atoms with Gasteiger partial charge >= 0.3 is 5.97 Å². The summed E-state index contributed by atoms with van der Waals surface area (Å²) < 4.78 is 4.85. The van der Waals surface area contributed by atoms with E-state index in [0.717, 1.165) is 18.7 Å². The first-order valence-corrected chi connectivity index (χ1v) is 5.38. The lowest BCUT2D eigenvalue weighted by atomic mass is 9.90. The van der Waals surface area contributed by atoms with Gasteiger partial charge in [-0.05, 0) is 18.7 Å². The van der Waals surface area contributed by atoms with Crippen molar-refractivity contribution in [3.63, 3.8) is 0 Å². The molecule has 0 radical (unpaired) electrons. The summed E-state index contributed by atoms with van der Waals surface area (Å²) in [7, 11) is 3.47. The van der Waals surface area contributed by atoms with Crippen molar-refractivity contribution in [2.45, 2.75) is 5.92 Å². The van der Waals surface area contributed by atoms with Gasteiger partial charge in [0.25, 0.3) is 0 Å². The maximum atomic E-state index is 11.7. The Labute approximate surface area is 95.2 Å². The smallest absolute Gasteiger partial charge is 0.310 e. The molecule has 4 nitrogen and oxygen atoms in total. The molecule has 1 aromatic heterocycles. The fourth-order valence-electron chi connectivity index (χ4n) is 2.32. The lowest BCUT2D eigenvalue weighted by molar-refractivity contribution is -0.145. The summed E-state index contributed by atoms with van der Waals surface area (Å²) in [5.74, 6) is 0.00329. The van der Waals surface area contributed by atoms with E-state index in [1.165, 1.54) is 7.11 Å². The van der Waals surface area contributed by atoms with Crippen LogP contribution in [0.1, 0.15) is 11.5 Å². The predicted octanol–water partition coefficient (Wildman–Crippen LogP) is 0.900. The van der Waals surface area contributed by atoms with Crippen LogP contribution in [0, 0.1) is 5.92 Å². The number of likely N-dealkylation sites (N-methyl/N-ethyl adjacent to an activating group) is 1. The molecule has 2 atom stereocenters. The number of aromatic nitrogens is 1. The highest BCUT2D eigenvalue weighted by Crippen LogP contribution is 2.32. The van der Waals surface area contributed by atoms with E-state index in [9.17, 15) is 4.79 Å². The molecule has 0 unspecified atom stereocenters. The van der Waals surface area contributed by atoms with Crippen LogP contribution in [0.3, 0.4) is 0 Å². The van der Waals surface area contributed by atoms with E-state index in [1.54, 1.807) is 6.20 Å². The van der Waals surface area contributed by atoms with Crippen LogP contribution in [0.25, 0.3) is 0 Å². The number of ether oxygens (including phenoxy) is 1. The van der Waals surface area contributed by atoms with Gasteiger partial charge < -0.3 is 9.64 Å². The molecule has 0 bridgehead atoms. The number of hydrogen-bond donors (Lipinski definition) is 0. The third-order valence-corrected chi connectivity index (χ3v) is 3.12. The van der Waals surface area contributed by atoms with Crippen LogP contribution in [0.4, 0.5) is 0 Å². The van der Waals surface area contributed by atoms with Gasteiger partial charge in [0.1, 0.15) is 0 Å². The van der Waals surface area contributed by atoms with Crippen LogP contribution in [-0.4, -0.2) is 43.1 Å². The summed E-state index contributed by atoms with van der Waals surface area (Å²) >= 11 is 0.